The van der Waals surface area contributed by atoms with E-state index in [-0.39, 0.29) is 18.2 Å². The molecule has 3 aliphatic rings. The summed E-state index contributed by atoms with van der Waals surface area (Å²) in [7, 11) is 1.85. The molecule has 3 heterocycles. The molecule has 2 aliphatic heterocycles. The molecule has 1 fully saturated rings. The number of carbonyl (C=O) groups is 1. The fraction of sp³-hybridized carbons (Fsp3) is 0.409. The van der Waals surface area contributed by atoms with Crippen LogP contribution in [0, 0.1) is 0 Å². The average molecular weight is 390 g/mol. The molecule has 2 atom stereocenters. The Balaban J connectivity index is 1.52. The minimum absolute atomic E-state index is 0.125. The van der Waals surface area contributed by atoms with Gasteiger partial charge in [0, 0.05) is 31.0 Å². The van der Waals surface area contributed by atoms with Gasteiger partial charge in [0.1, 0.15) is 23.4 Å². The number of hydrogen-bond donors (Lipinski definition) is 1. The summed E-state index contributed by atoms with van der Waals surface area (Å²) in [6.07, 6.45) is 9.57. The van der Waals surface area contributed by atoms with E-state index in [1.807, 2.05) is 42.2 Å². The summed E-state index contributed by atoms with van der Waals surface area (Å²) in [5.74, 6) is 2.03. The van der Waals surface area contributed by atoms with E-state index in [1.165, 1.54) is 6.42 Å². The van der Waals surface area contributed by atoms with E-state index < -0.39 is 0 Å². The zero-order valence-electron chi connectivity index (χ0n) is 16.8. The molecule has 1 amide bonds. The number of rotatable bonds is 4. The second kappa shape index (κ2) is 7.06. The van der Waals surface area contributed by atoms with Gasteiger partial charge in [-0.25, -0.2) is 9.98 Å². The molecule has 1 N–H and O–H groups in total. The van der Waals surface area contributed by atoms with E-state index in [1.54, 1.807) is 11.1 Å². The molecule has 0 bridgehead atoms. The van der Waals surface area contributed by atoms with Gasteiger partial charge in [-0.1, -0.05) is 37.3 Å². The SMILES string of the molecule is CCC1C(=O)N(C)C2=C(N[C@@H](n3ccnc3-c3ccccc3)N=C2)N1C1CCC1. The van der Waals surface area contributed by atoms with Crippen molar-refractivity contribution >= 4 is 12.1 Å². The molecule has 1 aromatic heterocycles. The first kappa shape index (κ1) is 18.0. The van der Waals surface area contributed by atoms with Crippen molar-refractivity contribution in [3.05, 3.63) is 54.2 Å². The van der Waals surface area contributed by atoms with Gasteiger partial charge in [0.2, 0.25) is 12.2 Å². The fourth-order valence-electron chi connectivity index (χ4n) is 4.44. The van der Waals surface area contributed by atoms with Crippen LogP contribution in [0.25, 0.3) is 11.4 Å². The summed E-state index contributed by atoms with van der Waals surface area (Å²) in [6, 6.07) is 10.4. The van der Waals surface area contributed by atoms with Crippen molar-refractivity contribution in [3.8, 4) is 11.4 Å². The molecule has 150 valence electrons. The summed E-state index contributed by atoms with van der Waals surface area (Å²) in [6.45, 7) is 2.09. The molecular formula is C22H26N6O. The van der Waals surface area contributed by atoms with Crippen LogP contribution < -0.4 is 5.32 Å². The molecule has 29 heavy (non-hydrogen) atoms. The zero-order valence-corrected chi connectivity index (χ0v) is 16.8. The van der Waals surface area contributed by atoms with Crippen LogP contribution in [-0.4, -0.2) is 50.6 Å². The number of likely N-dealkylation sites (N-methyl/N-ethyl adjacent to an activating group) is 1. The van der Waals surface area contributed by atoms with Gasteiger partial charge in [-0.15, -0.1) is 0 Å². The summed E-state index contributed by atoms with van der Waals surface area (Å²) in [4.78, 5) is 26.3. The van der Waals surface area contributed by atoms with E-state index in [0.717, 1.165) is 42.2 Å². The van der Waals surface area contributed by atoms with Gasteiger partial charge in [-0.2, -0.15) is 0 Å². The molecule has 7 nitrogen and oxygen atoms in total. The van der Waals surface area contributed by atoms with Crippen LogP contribution >= 0.6 is 0 Å². The van der Waals surface area contributed by atoms with Gasteiger partial charge in [0.25, 0.3) is 0 Å². The standard InChI is InChI=1S/C22H26N6O/c1-3-17-21(29)26(2)18-14-24-22(25-20(18)28(17)16-10-7-11-16)27-13-12-23-19(27)15-8-5-4-6-9-15/h4-6,8-9,12-14,16-17,22,25H,3,7,10-11H2,1-2H3/t17?,22-/m0/s1. The zero-order chi connectivity index (χ0) is 20.0. The summed E-state index contributed by atoms with van der Waals surface area (Å²) in [5.41, 5.74) is 1.90. The highest BCUT2D eigenvalue weighted by Crippen LogP contribution is 2.36. The average Bonchev–Trinajstić information content (AvgIpc) is 3.21. The maximum Gasteiger partial charge on any atom is 0.249 e. The Kier molecular flexibility index (Phi) is 4.38. The molecule has 1 aliphatic carbocycles. The van der Waals surface area contributed by atoms with Crippen LogP contribution in [0.1, 0.15) is 38.9 Å². The Morgan fingerprint density at radius 2 is 2.00 bits per heavy atom. The molecular weight excluding hydrogens is 364 g/mol. The van der Waals surface area contributed by atoms with Crippen LogP contribution in [0.3, 0.4) is 0 Å². The molecule has 5 rings (SSSR count). The maximum atomic E-state index is 13.0. The van der Waals surface area contributed by atoms with Crippen molar-refractivity contribution in [2.45, 2.75) is 51.0 Å². The van der Waals surface area contributed by atoms with Gasteiger partial charge >= 0.3 is 0 Å². The Bertz CT molecular complexity index is 974. The Morgan fingerprint density at radius 1 is 1.21 bits per heavy atom. The number of carbonyl (C=O) groups excluding carboxylic acids is 1. The fourth-order valence-corrected chi connectivity index (χ4v) is 4.44. The van der Waals surface area contributed by atoms with Gasteiger partial charge in [-0.05, 0) is 25.7 Å². The maximum absolute atomic E-state index is 13.0. The third-order valence-corrected chi connectivity index (χ3v) is 6.24. The van der Waals surface area contributed by atoms with E-state index in [2.05, 4.69) is 34.3 Å². The first-order chi connectivity index (χ1) is 14.2. The van der Waals surface area contributed by atoms with E-state index in [4.69, 9.17) is 4.99 Å². The normalized spacial score (nSPS) is 24.4. The third kappa shape index (κ3) is 2.84. The minimum Gasteiger partial charge on any atom is -0.342 e. The predicted molar refractivity (Wildman–Crippen MR) is 112 cm³/mol. The summed E-state index contributed by atoms with van der Waals surface area (Å²) < 4.78 is 2.05. The molecule has 1 saturated carbocycles. The Hall–Kier alpha value is -3.09. The number of aliphatic imine (C=N–C) groups is 1. The molecule has 0 spiro atoms. The van der Waals surface area contributed by atoms with Crippen molar-refractivity contribution in [2.24, 2.45) is 4.99 Å². The molecule has 1 unspecified atom stereocenters. The van der Waals surface area contributed by atoms with Crippen molar-refractivity contribution in [1.29, 1.82) is 0 Å². The van der Waals surface area contributed by atoms with Crippen LogP contribution in [0.5, 0.6) is 0 Å². The van der Waals surface area contributed by atoms with Gasteiger partial charge in [-0.3, -0.25) is 9.36 Å². The van der Waals surface area contributed by atoms with Crippen LogP contribution in [0.2, 0.25) is 0 Å². The molecule has 2 aromatic rings. The number of imidazole rings is 1. The van der Waals surface area contributed by atoms with Crippen molar-refractivity contribution in [2.75, 3.05) is 7.05 Å². The van der Waals surface area contributed by atoms with Crippen molar-refractivity contribution in [1.82, 2.24) is 24.7 Å². The van der Waals surface area contributed by atoms with Gasteiger partial charge < -0.3 is 15.1 Å². The minimum atomic E-state index is -0.298. The number of aromatic nitrogens is 2. The van der Waals surface area contributed by atoms with Crippen LogP contribution in [0.4, 0.5) is 0 Å². The number of hydrogen-bond acceptors (Lipinski definition) is 5. The number of benzene rings is 1. The summed E-state index contributed by atoms with van der Waals surface area (Å²) >= 11 is 0. The molecule has 0 radical (unpaired) electrons. The van der Waals surface area contributed by atoms with Crippen LogP contribution in [-0.2, 0) is 4.79 Å². The van der Waals surface area contributed by atoms with E-state index in [9.17, 15) is 4.79 Å². The van der Waals surface area contributed by atoms with Crippen molar-refractivity contribution < 1.29 is 4.79 Å². The lowest BCUT2D eigenvalue weighted by molar-refractivity contribution is -0.137. The number of allylic oxidation sites excluding steroid dienone is 1. The topological polar surface area (TPSA) is 65.8 Å². The van der Waals surface area contributed by atoms with Gasteiger partial charge in [0.05, 0.1) is 6.21 Å². The quantitative estimate of drug-likeness (QED) is 0.872. The first-order valence-electron chi connectivity index (χ1n) is 10.4. The number of amides is 1. The van der Waals surface area contributed by atoms with E-state index >= 15 is 0 Å². The highest BCUT2D eigenvalue weighted by Gasteiger charge is 2.43. The second-order valence-electron chi connectivity index (χ2n) is 7.87. The first-order valence-corrected chi connectivity index (χ1v) is 10.4. The molecule has 0 saturated heterocycles. The highest BCUT2D eigenvalue weighted by molar-refractivity contribution is 5.93. The predicted octanol–water partition coefficient (Wildman–Crippen LogP) is 2.95. The monoisotopic (exact) mass is 390 g/mol. The summed E-state index contributed by atoms with van der Waals surface area (Å²) in [5, 5.41) is 3.62. The Labute approximate surface area is 170 Å². The van der Waals surface area contributed by atoms with Crippen LogP contribution in [0.15, 0.2) is 59.2 Å². The molecule has 1 aromatic carbocycles. The lowest BCUT2D eigenvalue weighted by Gasteiger charge is -2.50. The lowest BCUT2D eigenvalue weighted by atomic mass is 9.88. The molecule has 7 heteroatoms. The number of nitrogens with one attached hydrogen (secondary N) is 1. The highest BCUT2D eigenvalue weighted by atomic mass is 16.2. The van der Waals surface area contributed by atoms with E-state index in [0.29, 0.717) is 6.04 Å². The Morgan fingerprint density at radius 3 is 2.69 bits per heavy atom. The third-order valence-electron chi connectivity index (χ3n) is 6.24. The largest absolute Gasteiger partial charge is 0.342 e. The smallest absolute Gasteiger partial charge is 0.249 e. The second-order valence-corrected chi connectivity index (χ2v) is 7.87. The van der Waals surface area contributed by atoms with Gasteiger partial charge in [0.15, 0.2) is 0 Å². The van der Waals surface area contributed by atoms with Crippen molar-refractivity contribution in [3.63, 3.8) is 0 Å². The number of nitrogens with zero attached hydrogens (tertiary/aromatic N) is 5. The lowest BCUT2D eigenvalue weighted by Crippen LogP contribution is -2.60.